The van der Waals surface area contributed by atoms with Crippen molar-refractivity contribution < 1.29 is 13.9 Å². The zero-order chi connectivity index (χ0) is 23.4. The van der Waals surface area contributed by atoms with Crippen molar-refractivity contribution >= 4 is 17.2 Å². The number of ether oxygens (including phenoxy) is 1. The van der Waals surface area contributed by atoms with E-state index in [9.17, 15) is 14.0 Å². The molecule has 0 aliphatic carbocycles. The third-order valence-electron chi connectivity index (χ3n) is 5.14. The number of carbonyl (C=O) groups excluding carboxylic acids is 1. The maximum absolute atomic E-state index is 13.3. The summed E-state index contributed by atoms with van der Waals surface area (Å²) in [5.41, 5.74) is 1.02. The summed E-state index contributed by atoms with van der Waals surface area (Å²) in [4.78, 5) is 25.3. The average molecular weight is 449 g/mol. The molecule has 0 aliphatic heterocycles. The molecule has 1 atom stereocenters. The average Bonchev–Trinajstić information content (AvgIpc) is 3.18. The fourth-order valence-corrected chi connectivity index (χ4v) is 3.63. The first kappa shape index (κ1) is 22.2. The van der Waals surface area contributed by atoms with Gasteiger partial charge in [-0.15, -0.1) is 10.2 Å². The van der Waals surface area contributed by atoms with Crippen molar-refractivity contribution in [2.24, 2.45) is 5.92 Å². The van der Waals surface area contributed by atoms with Gasteiger partial charge in [0.15, 0.2) is 0 Å². The minimum absolute atomic E-state index is 0.0699. The third kappa shape index (κ3) is 5.08. The molecule has 2 aromatic heterocycles. The van der Waals surface area contributed by atoms with Crippen LogP contribution in [0.5, 0.6) is 5.75 Å². The summed E-state index contributed by atoms with van der Waals surface area (Å²) in [7, 11) is 0. The zero-order valence-electron chi connectivity index (χ0n) is 18.4. The Morgan fingerprint density at radius 3 is 2.67 bits per heavy atom. The van der Waals surface area contributed by atoms with Gasteiger partial charge in [0.05, 0.1) is 6.61 Å². The summed E-state index contributed by atoms with van der Waals surface area (Å²) >= 11 is 0. The number of nitrogens with zero attached hydrogens (tertiary/aromatic N) is 4. The number of benzene rings is 2. The summed E-state index contributed by atoms with van der Waals surface area (Å²) in [6.45, 7) is 4.39. The lowest BCUT2D eigenvalue weighted by molar-refractivity contribution is -0.116. The van der Waals surface area contributed by atoms with Crippen LogP contribution in [0.2, 0.25) is 0 Å². The second kappa shape index (κ2) is 9.64. The zero-order valence-corrected chi connectivity index (χ0v) is 18.4. The van der Waals surface area contributed by atoms with Crippen LogP contribution in [-0.2, 0) is 11.2 Å². The van der Waals surface area contributed by atoms with E-state index in [0.29, 0.717) is 30.2 Å². The first-order chi connectivity index (χ1) is 15.9. The van der Waals surface area contributed by atoms with Crippen LogP contribution in [0.25, 0.3) is 11.3 Å². The summed E-state index contributed by atoms with van der Waals surface area (Å²) in [6, 6.07) is 13.0. The van der Waals surface area contributed by atoms with Crippen molar-refractivity contribution in [3.05, 3.63) is 82.9 Å². The lowest BCUT2D eigenvalue weighted by Crippen LogP contribution is -2.21. The van der Waals surface area contributed by atoms with Crippen molar-refractivity contribution in [2.45, 2.75) is 26.7 Å². The molecule has 0 fully saturated rings. The highest BCUT2D eigenvalue weighted by molar-refractivity contribution is 5.90. The summed E-state index contributed by atoms with van der Waals surface area (Å²) < 4.78 is 21.9. The molecule has 0 aliphatic rings. The third-order valence-corrected chi connectivity index (χ3v) is 5.14. The van der Waals surface area contributed by atoms with Gasteiger partial charge in [-0.05, 0) is 55.3 Å². The van der Waals surface area contributed by atoms with Crippen molar-refractivity contribution in [1.29, 1.82) is 0 Å². The number of carbonyl (C=O) groups is 1. The van der Waals surface area contributed by atoms with Crippen molar-refractivity contribution in [2.75, 3.05) is 11.9 Å². The van der Waals surface area contributed by atoms with Gasteiger partial charge < -0.3 is 10.1 Å². The Morgan fingerprint density at radius 1 is 1.15 bits per heavy atom. The number of rotatable bonds is 8. The SMILES string of the molecule is CCOc1ccc(-n2ccn3c(C[C@@H](C)CC(=O)Nc4cccc(F)c4)nnc3c2=O)cc1. The Morgan fingerprint density at radius 2 is 1.94 bits per heavy atom. The Bertz CT molecular complexity index is 1330. The van der Waals surface area contributed by atoms with Crippen LogP contribution < -0.4 is 15.6 Å². The van der Waals surface area contributed by atoms with E-state index in [2.05, 4.69) is 15.5 Å². The molecule has 0 radical (unpaired) electrons. The Hall–Kier alpha value is -4.01. The topological polar surface area (TPSA) is 90.5 Å². The molecule has 0 spiro atoms. The van der Waals surface area contributed by atoms with Crippen LogP contribution in [-0.4, -0.2) is 31.7 Å². The highest BCUT2D eigenvalue weighted by Gasteiger charge is 2.16. The quantitative estimate of drug-likeness (QED) is 0.444. The van der Waals surface area contributed by atoms with Gasteiger partial charge in [0.2, 0.25) is 11.6 Å². The van der Waals surface area contributed by atoms with Gasteiger partial charge >= 0.3 is 5.56 Å². The second-order valence-corrected chi connectivity index (χ2v) is 7.78. The minimum Gasteiger partial charge on any atom is -0.494 e. The normalized spacial score (nSPS) is 12.0. The van der Waals surface area contributed by atoms with Gasteiger partial charge in [0.25, 0.3) is 0 Å². The van der Waals surface area contributed by atoms with Crippen LogP contribution >= 0.6 is 0 Å². The van der Waals surface area contributed by atoms with E-state index in [4.69, 9.17) is 4.74 Å². The fourth-order valence-electron chi connectivity index (χ4n) is 3.63. The van der Waals surface area contributed by atoms with E-state index >= 15 is 0 Å². The number of fused-ring (bicyclic) bond motifs is 1. The standard InChI is InChI=1S/C24H24FN5O3/c1-3-33-20-9-7-19(8-10-20)29-11-12-30-21(27-28-23(30)24(29)32)13-16(2)14-22(31)26-18-6-4-5-17(25)15-18/h4-12,15-16H,3,13-14H2,1-2H3,(H,26,31)/t16-/m1/s1. The first-order valence-corrected chi connectivity index (χ1v) is 10.7. The van der Waals surface area contributed by atoms with E-state index in [0.717, 1.165) is 5.75 Å². The van der Waals surface area contributed by atoms with Gasteiger partial charge in [0, 0.05) is 36.6 Å². The number of nitrogens with one attached hydrogen (secondary N) is 1. The molecule has 0 saturated heterocycles. The highest BCUT2D eigenvalue weighted by atomic mass is 19.1. The number of halogens is 1. The fraction of sp³-hybridized carbons (Fsp3) is 0.250. The Labute approximate surface area is 189 Å². The van der Waals surface area contributed by atoms with E-state index in [1.54, 1.807) is 47.1 Å². The maximum Gasteiger partial charge on any atom is 0.300 e. The van der Waals surface area contributed by atoms with Crippen LogP contribution in [0, 0.1) is 11.7 Å². The molecule has 0 saturated carbocycles. The maximum atomic E-state index is 13.3. The number of aromatic nitrogens is 4. The predicted molar refractivity (Wildman–Crippen MR) is 122 cm³/mol. The van der Waals surface area contributed by atoms with E-state index < -0.39 is 5.82 Å². The summed E-state index contributed by atoms with van der Waals surface area (Å²) in [5.74, 6) is 0.619. The number of hydrogen-bond donors (Lipinski definition) is 1. The van der Waals surface area contributed by atoms with E-state index in [1.807, 2.05) is 13.8 Å². The molecule has 1 amide bonds. The van der Waals surface area contributed by atoms with Gasteiger partial charge in [-0.1, -0.05) is 13.0 Å². The smallest absolute Gasteiger partial charge is 0.300 e. The molecule has 33 heavy (non-hydrogen) atoms. The molecule has 4 aromatic rings. The molecule has 2 heterocycles. The van der Waals surface area contributed by atoms with Crippen molar-refractivity contribution in [3.8, 4) is 11.4 Å². The molecule has 8 nitrogen and oxygen atoms in total. The lowest BCUT2D eigenvalue weighted by Gasteiger charge is -2.11. The van der Waals surface area contributed by atoms with Crippen molar-refractivity contribution in [1.82, 2.24) is 19.2 Å². The second-order valence-electron chi connectivity index (χ2n) is 7.78. The summed E-state index contributed by atoms with van der Waals surface area (Å²) in [6.07, 6.45) is 4.07. The highest BCUT2D eigenvalue weighted by Crippen LogP contribution is 2.16. The van der Waals surface area contributed by atoms with Gasteiger partial charge in [-0.2, -0.15) is 0 Å². The Balaban J connectivity index is 1.47. The number of anilines is 1. The lowest BCUT2D eigenvalue weighted by atomic mass is 10.0. The molecule has 170 valence electrons. The largest absolute Gasteiger partial charge is 0.494 e. The molecule has 1 N–H and O–H groups in total. The van der Waals surface area contributed by atoms with Crippen LogP contribution in [0.3, 0.4) is 0 Å². The van der Waals surface area contributed by atoms with Gasteiger partial charge in [0.1, 0.15) is 17.4 Å². The summed E-state index contributed by atoms with van der Waals surface area (Å²) in [5, 5.41) is 10.9. The Kier molecular flexibility index (Phi) is 6.48. The van der Waals surface area contributed by atoms with Crippen LogP contribution in [0.1, 0.15) is 26.1 Å². The molecular formula is C24H24FN5O3. The molecule has 0 unspecified atom stereocenters. The van der Waals surface area contributed by atoms with E-state index in [1.165, 1.54) is 22.8 Å². The minimum atomic E-state index is -0.410. The number of amides is 1. The van der Waals surface area contributed by atoms with Crippen molar-refractivity contribution in [3.63, 3.8) is 0 Å². The monoisotopic (exact) mass is 449 g/mol. The molecule has 0 bridgehead atoms. The number of hydrogen-bond acceptors (Lipinski definition) is 5. The molecule has 9 heteroatoms. The van der Waals surface area contributed by atoms with E-state index in [-0.39, 0.29) is 29.5 Å². The predicted octanol–water partition coefficient (Wildman–Crippen LogP) is 3.63. The first-order valence-electron chi connectivity index (χ1n) is 10.7. The molecule has 2 aromatic carbocycles. The van der Waals surface area contributed by atoms with Crippen LogP contribution in [0.4, 0.5) is 10.1 Å². The van der Waals surface area contributed by atoms with Gasteiger partial charge in [-0.3, -0.25) is 18.6 Å². The van der Waals surface area contributed by atoms with Gasteiger partial charge in [-0.25, -0.2) is 4.39 Å². The van der Waals surface area contributed by atoms with Crippen LogP contribution in [0.15, 0.2) is 65.7 Å². The molecular weight excluding hydrogens is 425 g/mol. The molecule has 4 rings (SSSR count).